The van der Waals surface area contributed by atoms with E-state index in [0.29, 0.717) is 6.54 Å². The maximum atomic E-state index is 10.4. The van der Waals surface area contributed by atoms with Gasteiger partial charge < -0.3 is 10.4 Å². The van der Waals surface area contributed by atoms with Crippen molar-refractivity contribution in [2.45, 2.75) is 24.0 Å². The van der Waals surface area contributed by atoms with Crippen molar-refractivity contribution < 1.29 is 5.11 Å². The van der Waals surface area contributed by atoms with Crippen molar-refractivity contribution in [2.75, 3.05) is 13.1 Å². The molecule has 0 fully saturated rings. The highest BCUT2D eigenvalue weighted by molar-refractivity contribution is 7.97. The zero-order chi connectivity index (χ0) is 19.3. The fourth-order valence-corrected chi connectivity index (χ4v) is 3.80. The average Bonchev–Trinajstić information content (AvgIpc) is 3.20. The number of aliphatic hydroxyl groups is 1. The summed E-state index contributed by atoms with van der Waals surface area (Å²) in [6, 6.07) is 14.5. The molecule has 144 valence electrons. The summed E-state index contributed by atoms with van der Waals surface area (Å²) >= 11 is 1.62. The molecular formula is C21H23N5OS. The van der Waals surface area contributed by atoms with Crippen molar-refractivity contribution in [3.63, 3.8) is 0 Å². The number of aromatic amines is 1. The summed E-state index contributed by atoms with van der Waals surface area (Å²) < 4.78 is 3.44. The lowest BCUT2D eigenvalue weighted by atomic mass is 10.1. The molecule has 0 saturated heterocycles. The summed E-state index contributed by atoms with van der Waals surface area (Å²) in [6.07, 6.45) is 4.91. The summed E-state index contributed by atoms with van der Waals surface area (Å²) in [6.45, 7) is 3.38. The highest BCUT2D eigenvalue weighted by atomic mass is 32.2. The van der Waals surface area contributed by atoms with Gasteiger partial charge in [0.05, 0.1) is 17.8 Å². The van der Waals surface area contributed by atoms with Gasteiger partial charge in [-0.3, -0.25) is 14.8 Å². The van der Waals surface area contributed by atoms with Crippen LogP contribution in [0.25, 0.3) is 21.7 Å². The predicted octanol–water partition coefficient (Wildman–Crippen LogP) is 3.42. The highest BCUT2D eigenvalue weighted by Gasteiger charge is 2.10. The van der Waals surface area contributed by atoms with Gasteiger partial charge in [0.1, 0.15) is 0 Å². The second-order valence-corrected chi connectivity index (χ2v) is 7.81. The summed E-state index contributed by atoms with van der Waals surface area (Å²) in [5.41, 5.74) is 1.87. The van der Waals surface area contributed by atoms with Crippen LogP contribution in [-0.2, 0) is 0 Å². The first-order valence-electron chi connectivity index (χ1n) is 9.27. The first-order chi connectivity index (χ1) is 13.7. The molecule has 2 atom stereocenters. The smallest absolute Gasteiger partial charge is 0.0914 e. The van der Waals surface area contributed by atoms with E-state index in [1.165, 1.54) is 10.3 Å². The maximum absolute atomic E-state index is 10.4. The van der Waals surface area contributed by atoms with Gasteiger partial charge in [-0.05, 0) is 60.2 Å². The number of benzene rings is 2. The molecule has 6 nitrogen and oxygen atoms in total. The van der Waals surface area contributed by atoms with Gasteiger partial charge in [-0.1, -0.05) is 12.1 Å². The lowest BCUT2D eigenvalue weighted by Crippen LogP contribution is -2.34. The monoisotopic (exact) mass is 393 g/mol. The molecule has 28 heavy (non-hydrogen) atoms. The number of aliphatic hydroxyl groups excluding tert-OH is 1. The molecule has 0 radical (unpaired) electrons. The standard InChI is InChI=1S/C21H23N5OS/c1-14(26-28-19-4-2-17-11-22-7-6-15(17)9-19)10-23-13-21(27)16-3-5-20-18(8-16)12-24-25-20/h2-9,11-12,14,21,23,26-27H,10,13H2,1H3,(H,24,25)/t14-,21?/m1/s1. The molecule has 2 aromatic carbocycles. The Morgan fingerprint density at radius 1 is 1.04 bits per heavy atom. The normalized spacial score (nSPS) is 13.8. The lowest BCUT2D eigenvalue weighted by molar-refractivity contribution is 0.174. The zero-order valence-corrected chi connectivity index (χ0v) is 16.4. The van der Waals surface area contributed by atoms with Crippen molar-refractivity contribution in [1.29, 1.82) is 0 Å². The number of fused-ring (bicyclic) bond motifs is 2. The molecule has 4 rings (SSSR count). The molecule has 0 spiro atoms. The molecule has 1 unspecified atom stereocenters. The Hall–Kier alpha value is -2.45. The molecule has 0 saturated carbocycles. The topological polar surface area (TPSA) is 85.9 Å². The predicted molar refractivity (Wildman–Crippen MR) is 114 cm³/mol. The lowest BCUT2D eigenvalue weighted by Gasteiger charge is -2.17. The number of nitrogens with one attached hydrogen (secondary N) is 3. The van der Waals surface area contributed by atoms with Crippen LogP contribution in [0, 0.1) is 0 Å². The van der Waals surface area contributed by atoms with Crippen LogP contribution >= 0.6 is 11.9 Å². The fourth-order valence-electron chi connectivity index (χ4n) is 3.06. The molecule has 4 N–H and O–H groups in total. The quantitative estimate of drug-likeness (QED) is 0.343. The Balaban J connectivity index is 1.24. The van der Waals surface area contributed by atoms with Crippen molar-refractivity contribution >= 4 is 33.6 Å². The molecule has 0 bridgehead atoms. The molecule has 2 aromatic heterocycles. The van der Waals surface area contributed by atoms with Crippen LogP contribution in [0.1, 0.15) is 18.6 Å². The first kappa shape index (κ1) is 18.9. The third kappa shape index (κ3) is 4.51. The van der Waals surface area contributed by atoms with Crippen LogP contribution in [0.15, 0.2) is 66.0 Å². The van der Waals surface area contributed by atoms with E-state index in [4.69, 9.17) is 0 Å². The van der Waals surface area contributed by atoms with Crippen molar-refractivity contribution in [3.8, 4) is 0 Å². The van der Waals surface area contributed by atoms with E-state index in [1.54, 1.807) is 18.1 Å². The average molecular weight is 394 g/mol. The zero-order valence-electron chi connectivity index (χ0n) is 15.6. The second kappa shape index (κ2) is 8.70. The van der Waals surface area contributed by atoms with Gasteiger partial charge >= 0.3 is 0 Å². The molecule has 0 aliphatic carbocycles. The minimum absolute atomic E-state index is 0.252. The molecular weight excluding hydrogens is 370 g/mol. The van der Waals surface area contributed by atoms with E-state index in [9.17, 15) is 5.11 Å². The number of hydrogen-bond acceptors (Lipinski definition) is 6. The van der Waals surface area contributed by atoms with Gasteiger partial charge in [-0.2, -0.15) is 5.10 Å². The summed E-state index contributed by atoms with van der Waals surface area (Å²) in [5.74, 6) is 0. The van der Waals surface area contributed by atoms with E-state index >= 15 is 0 Å². The van der Waals surface area contributed by atoms with Crippen molar-refractivity contribution in [1.82, 2.24) is 25.2 Å². The number of rotatable bonds is 8. The van der Waals surface area contributed by atoms with Crippen LogP contribution in [-0.4, -0.2) is 39.4 Å². The Labute approximate surface area is 167 Å². The van der Waals surface area contributed by atoms with Gasteiger partial charge in [0, 0.05) is 47.2 Å². The van der Waals surface area contributed by atoms with Gasteiger partial charge in [0.25, 0.3) is 0 Å². The number of aromatic nitrogens is 3. The fraction of sp³-hybridized carbons (Fsp3) is 0.238. The molecule has 2 heterocycles. The minimum atomic E-state index is -0.548. The Kier molecular flexibility index (Phi) is 5.87. The Morgan fingerprint density at radius 2 is 1.96 bits per heavy atom. The van der Waals surface area contributed by atoms with Gasteiger partial charge in [0.2, 0.25) is 0 Å². The Morgan fingerprint density at radius 3 is 2.89 bits per heavy atom. The molecule has 0 aliphatic heterocycles. The van der Waals surface area contributed by atoms with E-state index in [0.717, 1.165) is 28.4 Å². The van der Waals surface area contributed by atoms with E-state index in [1.807, 2.05) is 36.7 Å². The van der Waals surface area contributed by atoms with Crippen LogP contribution in [0.3, 0.4) is 0 Å². The molecule has 0 aliphatic rings. The number of pyridine rings is 1. The Bertz CT molecular complexity index is 1070. The van der Waals surface area contributed by atoms with Gasteiger partial charge in [0.15, 0.2) is 0 Å². The number of H-pyrrole nitrogens is 1. The van der Waals surface area contributed by atoms with Crippen LogP contribution in [0.5, 0.6) is 0 Å². The molecule has 0 amide bonds. The third-order valence-corrected chi connectivity index (χ3v) is 5.64. The summed E-state index contributed by atoms with van der Waals surface area (Å²) in [5, 5.41) is 24.0. The van der Waals surface area contributed by atoms with E-state index < -0.39 is 6.10 Å². The number of nitrogens with zero attached hydrogens (tertiary/aromatic N) is 2. The van der Waals surface area contributed by atoms with Crippen molar-refractivity contribution in [3.05, 3.63) is 66.6 Å². The largest absolute Gasteiger partial charge is 0.387 e. The molecule has 4 aromatic rings. The SMILES string of the molecule is C[C@H](CNCC(O)c1ccc2[nH]ncc2c1)NSc1ccc2cnccc2c1. The second-order valence-electron chi connectivity index (χ2n) is 6.90. The van der Waals surface area contributed by atoms with E-state index in [-0.39, 0.29) is 6.04 Å². The summed E-state index contributed by atoms with van der Waals surface area (Å²) in [7, 11) is 0. The minimum Gasteiger partial charge on any atom is -0.387 e. The van der Waals surface area contributed by atoms with Crippen LogP contribution in [0.2, 0.25) is 0 Å². The third-order valence-electron chi connectivity index (χ3n) is 4.63. The van der Waals surface area contributed by atoms with Crippen molar-refractivity contribution in [2.24, 2.45) is 0 Å². The van der Waals surface area contributed by atoms with E-state index in [2.05, 4.69) is 50.3 Å². The number of hydrogen-bond donors (Lipinski definition) is 4. The van der Waals surface area contributed by atoms with Gasteiger partial charge in [-0.25, -0.2) is 0 Å². The first-order valence-corrected chi connectivity index (χ1v) is 10.1. The summed E-state index contributed by atoms with van der Waals surface area (Å²) in [4.78, 5) is 5.31. The maximum Gasteiger partial charge on any atom is 0.0914 e. The van der Waals surface area contributed by atoms with Gasteiger partial charge in [-0.15, -0.1) is 0 Å². The highest BCUT2D eigenvalue weighted by Crippen LogP contribution is 2.21. The van der Waals surface area contributed by atoms with Crippen LogP contribution in [0.4, 0.5) is 0 Å². The molecule has 7 heteroatoms. The van der Waals surface area contributed by atoms with Crippen LogP contribution < -0.4 is 10.0 Å².